The monoisotopic (exact) mass is 324 g/mol. The van der Waals surface area contributed by atoms with E-state index in [1.807, 2.05) is 6.07 Å². The van der Waals surface area contributed by atoms with Crippen LogP contribution in [0.15, 0.2) is 59.7 Å². The van der Waals surface area contributed by atoms with Crippen LogP contribution in [0.25, 0.3) is 10.9 Å². The first-order valence-electron chi connectivity index (χ1n) is 7.45. The minimum Gasteiger partial charge on any atom is -0.491 e. The standard InChI is InChI=1S/C18H16N2O4/c1-23-18(22)14-7-3-5-9-16(14)24-11-10-20-12-19-15-8-4-2-6-13(15)17(20)21/h2-9,12H,10-11H2,1H3. The van der Waals surface area contributed by atoms with Gasteiger partial charge in [0.05, 0.1) is 30.9 Å². The van der Waals surface area contributed by atoms with E-state index in [1.54, 1.807) is 42.5 Å². The average molecular weight is 324 g/mol. The van der Waals surface area contributed by atoms with Crippen LogP contribution in [0.3, 0.4) is 0 Å². The minimum atomic E-state index is -0.463. The highest BCUT2D eigenvalue weighted by Crippen LogP contribution is 2.18. The van der Waals surface area contributed by atoms with Crippen molar-refractivity contribution in [3.05, 3.63) is 70.8 Å². The molecule has 0 saturated carbocycles. The summed E-state index contributed by atoms with van der Waals surface area (Å²) < 4.78 is 11.9. The molecule has 0 amide bonds. The van der Waals surface area contributed by atoms with Crippen LogP contribution < -0.4 is 10.3 Å². The summed E-state index contributed by atoms with van der Waals surface area (Å²) in [7, 11) is 1.32. The molecule has 3 rings (SSSR count). The van der Waals surface area contributed by atoms with Crippen molar-refractivity contribution in [1.29, 1.82) is 0 Å². The number of fused-ring (bicyclic) bond motifs is 1. The number of carbonyl (C=O) groups excluding carboxylic acids is 1. The molecule has 0 atom stereocenters. The van der Waals surface area contributed by atoms with Gasteiger partial charge in [0.15, 0.2) is 0 Å². The van der Waals surface area contributed by atoms with Gasteiger partial charge in [-0.3, -0.25) is 9.36 Å². The number of carbonyl (C=O) groups is 1. The number of benzene rings is 2. The largest absolute Gasteiger partial charge is 0.491 e. The normalized spacial score (nSPS) is 10.5. The lowest BCUT2D eigenvalue weighted by atomic mass is 10.2. The molecule has 6 nitrogen and oxygen atoms in total. The zero-order valence-corrected chi connectivity index (χ0v) is 13.1. The Bertz CT molecular complexity index is 933. The van der Waals surface area contributed by atoms with Crippen LogP contribution in [0.2, 0.25) is 0 Å². The van der Waals surface area contributed by atoms with Crippen molar-refractivity contribution in [3.63, 3.8) is 0 Å². The minimum absolute atomic E-state index is 0.120. The number of hydrogen-bond donors (Lipinski definition) is 0. The van der Waals surface area contributed by atoms with Crippen molar-refractivity contribution < 1.29 is 14.3 Å². The SMILES string of the molecule is COC(=O)c1ccccc1OCCn1cnc2ccccc2c1=O. The van der Waals surface area contributed by atoms with Gasteiger partial charge in [-0.25, -0.2) is 9.78 Å². The van der Waals surface area contributed by atoms with E-state index in [0.29, 0.717) is 28.8 Å². The number of ether oxygens (including phenoxy) is 2. The molecule has 0 fully saturated rings. The van der Waals surface area contributed by atoms with Crippen molar-refractivity contribution in [2.75, 3.05) is 13.7 Å². The third-order valence-corrected chi connectivity index (χ3v) is 3.61. The predicted molar refractivity (Wildman–Crippen MR) is 89.3 cm³/mol. The molecular formula is C18H16N2O4. The maximum atomic E-state index is 12.4. The van der Waals surface area contributed by atoms with E-state index < -0.39 is 5.97 Å². The Morgan fingerprint density at radius 2 is 1.88 bits per heavy atom. The molecule has 6 heteroatoms. The van der Waals surface area contributed by atoms with Gasteiger partial charge in [0.2, 0.25) is 0 Å². The predicted octanol–water partition coefficient (Wildman–Crippen LogP) is 2.26. The summed E-state index contributed by atoms with van der Waals surface area (Å²) in [6.45, 7) is 0.556. The van der Waals surface area contributed by atoms with Crippen LogP contribution in [0.4, 0.5) is 0 Å². The molecule has 122 valence electrons. The Balaban J connectivity index is 1.75. The van der Waals surface area contributed by atoms with Crippen LogP contribution in [-0.2, 0) is 11.3 Å². The fourth-order valence-electron chi connectivity index (χ4n) is 2.39. The van der Waals surface area contributed by atoms with E-state index in [2.05, 4.69) is 4.98 Å². The molecule has 1 heterocycles. The molecule has 0 aliphatic carbocycles. The van der Waals surface area contributed by atoms with Crippen LogP contribution in [0, 0.1) is 0 Å². The highest BCUT2D eigenvalue weighted by Gasteiger charge is 2.12. The lowest BCUT2D eigenvalue weighted by Gasteiger charge is -2.11. The average Bonchev–Trinajstić information content (AvgIpc) is 2.63. The van der Waals surface area contributed by atoms with Gasteiger partial charge in [0, 0.05) is 0 Å². The van der Waals surface area contributed by atoms with Gasteiger partial charge in [-0.2, -0.15) is 0 Å². The second-order valence-corrected chi connectivity index (χ2v) is 5.10. The number of aromatic nitrogens is 2. The first-order valence-corrected chi connectivity index (χ1v) is 7.45. The second kappa shape index (κ2) is 6.95. The molecule has 0 aliphatic heterocycles. The Morgan fingerprint density at radius 3 is 2.71 bits per heavy atom. The van der Waals surface area contributed by atoms with Gasteiger partial charge in [-0.1, -0.05) is 24.3 Å². The second-order valence-electron chi connectivity index (χ2n) is 5.10. The van der Waals surface area contributed by atoms with Crippen molar-refractivity contribution in [1.82, 2.24) is 9.55 Å². The van der Waals surface area contributed by atoms with E-state index in [9.17, 15) is 9.59 Å². The topological polar surface area (TPSA) is 70.4 Å². The van der Waals surface area contributed by atoms with Gasteiger partial charge in [0.25, 0.3) is 5.56 Å². The van der Waals surface area contributed by atoms with Gasteiger partial charge in [0.1, 0.15) is 17.9 Å². The fourth-order valence-corrected chi connectivity index (χ4v) is 2.39. The van der Waals surface area contributed by atoms with Gasteiger partial charge in [-0.05, 0) is 24.3 Å². The van der Waals surface area contributed by atoms with Crippen molar-refractivity contribution in [3.8, 4) is 5.75 Å². The number of rotatable bonds is 5. The first-order chi connectivity index (χ1) is 11.7. The molecule has 24 heavy (non-hydrogen) atoms. The van der Waals surface area contributed by atoms with Crippen LogP contribution in [0.1, 0.15) is 10.4 Å². The molecule has 0 radical (unpaired) electrons. The molecule has 0 unspecified atom stereocenters. The number of nitrogens with zero attached hydrogens (tertiary/aromatic N) is 2. The van der Waals surface area contributed by atoms with Gasteiger partial charge < -0.3 is 9.47 Å². The Hall–Kier alpha value is -3.15. The van der Waals surface area contributed by atoms with E-state index >= 15 is 0 Å². The lowest BCUT2D eigenvalue weighted by Crippen LogP contribution is -2.23. The molecule has 0 N–H and O–H groups in total. The molecule has 0 aliphatic rings. The Morgan fingerprint density at radius 1 is 1.12 bits per heavy atom. The fraction of sp³-hybridized carbons (Fsp3) is 0.167. The molecule has 2 aromatic carbocycles. The van der Waals surface area contributed by atoms with E-state index in [4.69, 9.17) is 9.47 Å². The molecule has 1 aromatic heterocycles. The Labute approximate surface area is 138 Å². The maximum absolute atomic E-state index is 12.4. The van der Waals surface area contributed by atoms with Crippen LogP contribution in [-0.4, -0.2) is 29.2 Å². The highest BCUT2D eigenvalue weighted by atomic mass is 16.5. The summed E-state index contributed by atoms with van der Waals surface area (Å²) in [6, 6.07) is 14.0. The van der Waals surface area contributed by atoms with E-state index in [-0.39, 0.29) is 12.2 Å². The van der Waals surface area contributed by atoms with Crippen LogP contribution >= 0.6 is 0 Å². The summed E-state index contributed by atoms with van der Waals surface area (Å²) in [5.74, 6) is -0.0405. The molecular weight excluding hydrogens is 308 g/mol. The number of esters is 1. The third kappa shape index (κ3) is 3.12. The highest BCUT2D eigenvalue weighted by molar-refractivity contribution is 5.92. The lowest BCUT2D eigenvalue weighted by molar-refractivity contribution is 0.0596. The van der Waals surface area contributed by atoms with Crippen LogP contribution in [0.5, 0.6) is 5.75 Å². The summed E-state index contributed by atoms with van der Waals surface area (Å²) in [6.07, 6.45) is 1.50. The number of methoxy groups -OCH3 is 1. The van der Waals surface area contributed by atoms with Crippen molar-refractivity contribution >= 4 is 16.9 Å². The number of para-hydroxylation sites is 2. The molecule has 0 saturated heterocycles. The zero-order valence-electron chi connectivity index (χ0n) is 13.1. The van der Waals surface area contributed by atoms with Gasteiger partial charge >= 0.3 is 5.97 Å². The first kappa shape index (κ1) is 15.7. The van der Waals surface area contributed by atoms with Crippen molar-refractivity contribution in [2.24, 2.45) is 0 Å². The van der Waals surface area contributed by atoms with E-state index in [0.717, 1.165) is 0 Å². The summed E-state index contributed by atoms with van der Waals surface area (Å²) in [5.41, 5.74) is 0.894. The summed E-state index contributed by atoms with van der Waals surface area (Å²) >= 11 is 0. The smallest absolute Gasteiger partial charge is 0.341 e. The third-order valence-electron chi connectivity index (χ3n) is 3.61. The summed E-state index contributed by atoms with van der Waals surface area (Å²) in [5, 5.41) is 0.565. The Kier molecular flexibility index (Phi) is 4.56. The van der Waals surface area contributed by atoms with Crippen molar-refractivity contribution in [2.45, 2.75) is 6.54 Å². The quantitative estimate of drug-likeness (QED) is 0.673. The van der Waals surface area contributed by atoms with E-state index in [1.165, 1.54) is 18.0 Å². The maximum Gasteiger partial charge on any atom is 0.341 e. The molecule has 0 bridgehead atoms. The zero-order chi connectivity index (χ0) is 16.9. The van der Waals surface area contributed by atoms with Gasteiger partial charge in [-0.15, -0.1) is 0 Å². The molecule has 0 spiro atoms. The number of hydrogen-bond acceptors (Lipinski definition) is 5. The molecule has 3 aromatic rings. The summed E-state index contributed by atoms with van der Waals surface area (Å²) in [4.78, 5) is 28.3.